The van der Waals surface area contributed by atoms with Crippen molar-refractivity contribution in [1.82, 2.24) is 5.32 Å². The van der Waals surface area contributed by atoms with Gasteiger partial charge in [0.25, 0.3) is 0 Å². The molecule has 0 aromatic heterocycles. The lowest BCUT2D eigenvalue weighted by Gasteiger charge is -2.12. The van der Waals surface area contributed by atoms with Crippen molar-refractivity contribution in [2.75, 3.05) is 13.2 Å². The second-order valence-corrected chi connectivity index (χ2v) is 6.42. The number of hydrogen-bond donors (Lipinski definition) is 1. The molecule has 1 N–H and O–H groups in total. The van der Waals surface area contributed by atoms with Gasteiger partial charge in [0.1, 0.15) is 6.61 Å². The van der Waals surface area contributed by atoms with Crippen LogP contribution < -0.4 is 5.32 Å². The standard InChI is InChI=1S/C22H22F3NO3/c1-16-7-9-17(10-8-16)11-12-20(27)26-13-14-29-21(28)15-19(22(23,24)25)18-5-3-2-4-6-18/h2-10,15H,11-14H2,1H3,(H,26,27)/b19-15-. The highest BCUT2D eigenvalue weighted by molar-refractivity contribution is 5.92. The van der Waals surface area contributed by atoms with Crippen molar-refractivity contribution in [3.05, 3.63) is 77.4 Å². The molecule has 0 fully saturated rings. The van der Waals surface area contributed by atoms with Crippen molar-refractivity contribution in [3.8, 4) is 0 Å². The number of ether oxygens (including phenoxy) is 1. The average Bonchev–Trinajstić information content (AvgIpc) is 2.69. The molecule has 0 spiro atoms. The minimum Gasteiger partial charge on any atom is -0.461 e. The van der Waals surface area contributed by atoms with Crippen LogP contribution in [0.4, 0.5) is 13.2 Å². The van der Waals surface area contributed by atoms with E-state index in [-0.39, 0.29) is 31.0 Å². The van der Waals surface area contributed by atoms with E-state index >= 15 is 0 Å². The SMILES string of the molecule is Cc1ccc(CCC(=O)NCCOC(=O)/C=C(/c2ccccc2)C(F)(F)F)cc1. The van der Waals surface area contributed by atoms with E-state index in [9.17, 15) is 22.8 Å². The van der Waals surface area contributed by atoms with Gasteiger partial charge in [0.15, 0.2) is 0 Å². The second kappa shape index (κ2) is 10.5. The summed E-state index contributed by atoms with van der Waals surface area (Å²) in [5.74, 6) is -1.34. The number of carbonyl (C=O) groups excluding carboxylic acids is 2. The fourth-order valence-corrected chi connectivity index (χ4v) is 2.55. The van der Waals surface area contributed by atoms with Crippen LogP contribution in [0.1, 0.15) is 23.1 Å². The lowest BCUT2D eigenvalue weighted by molar-refractivity contribution is -0.138. The summed E-state index contributed by atoms with van der Waals surface area (Å²) >= 11 is 0. The zero-order chi connectivity index (χ0) is 21.3. The summed E-state index contributed by atoms with van der Waals surface area (Å²) in [5.41, 5.74) is 0.963. The number of carbonyl (C=O) groups is 2. The Morgan fingerprint density at radius 1 is 1.03 bits per heavy atom. The van der Waals surface area contributed by atoms with Gasteiger partial charge in [-0.15, -0.1) is 0 Å². The van der Waals surface area contributed by atoms with Crippen LogP contribution in [0.25, 0.3) is 5.57 Å². The highest BCUT2D eigenvalue weighted by Crippen LogP contribution is 2.33. The van der Waals surface area contributed by atoms with Gasteiger partial charge in [-0.25, -0.2) is 4.79 Å². The van der Waals surface area contributed by atoms with Gasteiger partial charge >= 0.3 is 12.1 Å². The number of halogens is 3. The average molecular weight is 405 g/mol. The number of alkyl halides is 3. The van der Waals surface area contributed by atoms with Crippen LogP contribution in [0.2, 0.25) is 0 Å². The molecule has 29 heavy (non-hydrogen) atoms. The van der Waals surface area contributed by atoms with Crippen LogP contribution in [-0.4, -0.2) is 31.2 Å². The van der Waals surface area contributed by atoms with Gasteiger partial charge in [0, 0.05) is 12.5 Å². The van der Waals surface area contributed by atoms with Crippen LogP contribution in [0.3, 0.4) is 0 Å². The Morgan fingerprint density at radius 3 is 2.31 bits per heavy atom. The lowest BCUT2D eigenvalue weighted by atomic mass is 10.1. The van der Waals surface area contributed by atoms with E-state index in [1.54, 1.807) is 6.07 Å². The number of hydrogen-bond acceptors (Lipinski definition) is 3. The molecule has 7 heteroatoms. The number of rotatable bonds is 8. The number of allylic oxidation sites excluding steroid dienone is 1. The summed E-state index contributed by atoms with van der Waals surface area (Å²) in [4.78, 5) is 23.6. The van der Waals surface area contributed by atoms with Gasteiger partial charge < -0.3 is 10.1 Å². The Balaban J connectivity index is 1.77. The van der Waals surface area contributed by atoms with Gasteiger partial charge in [-0.05, 0) is 24.5 Å². The highest BCUT2D eigenvalue weighted by atomic mass is 19.4. The summed E-state index contributed by atoms with van der Waals surface area (Å²) in [5, 5.41) is 2.58. The third kappa shape index (κ3) is 7.81. The zero-order valence-corrected chi connectivity index (χ0v) is 16.0. The summed E-state index contributed by atoms with van der Waals surface area (Å²) in [6.45, 7) is 1.79. The van der Waals surface area contributed by atoms with E-state index in [2.05, 4.69) is 5.32 Å². The van der Waals surface area contributed by atoms with Gasteiger partial charge in [-0.2, -0.15) is 13.2 Å². The lowest BCUT2D eigenvalue weighted by Crippen LogP contribution is -2.28. The number of nitrogens with one attached hydrogen (secondary N) is 1. The molecule has 0 unspecified atom stereocenters. The Labute approximate surface area is 167 Å². The Kier molecular flexibility index (Phi) is 8.00. The Bertz CT molecular complexity index is 844. The molecule has 2 aromatic carbocycles. The van der Waals surface area contributed by atoms with Crippen molar-refractivity contribution >= 4 is 17.4 Å². The normalized spacial score (nSPS) is 11.8. The van der Waals surface area contributed by atoms with E-state index in [0.29, 0.717) is 12.5 Å². The minimum absolute atomic E-state index is 0.0268. The van der Waals surface area contributed by atoms with E-state index < -0.39 is 17.7 Å². The first-order valence-corrected chi connectivity index (χ1v) is 9.09. The van der Waals surface area contributed by atoms with Crippen molar-refractivity contribution < 1.29 is 27.5 Å². The molecule has 0 aliphatic heterocycles. The Morgan fingerprint density at radius 2 is 1.69 bits per heavy atom. The molecule has 154 valence electrons. The van der Waals surface area contributed by atoms with Crippen molar-refractivity contribution in [2.24, 2.45) is 0 Å². The number of esters is 1. The summed E-state index contributed by atoms with van der Waals surface area (Å²) in [6, 6.07) is 14.8. The maximum Gasteiger partial charge on any atom is 0.417 e. The maximum absolute atomic E-state index is 13.2. The van der Waals surface area contributed by atoms with Crippen LogP contribution >= 0.6 is 0 Å². The third-order valence-electron chi connectivity index (χ3n) is 4.08. The Hall–Kier alpha value is -3.09. The number of benzene rings is 2. The predicted molar refractivity (Wildman–Crippen MR) is 104 cm³/mol. The van der Waals surface area contributed by atoms with E-state index in [4.69, 9.17) is 4.74 Å². The summed E-state index contributed by atoms with van der Waals surface area (Å²) in [6.07, 6.45) is -3.43. The van der Waals surface area contributed by atoms with Crippen molar-refractivity contribution in [1.29, 1.82) is 0 Å². The first-order chi connectivity index (χ1) is 13.8. The molecule has 0 aliphatic rings. The number of aryl methyl sites for hydroxylation is 2. The molecule has 2 rings (SSSR count). The molecule has 1 amide bonds. The largest absolute Gasteiger partial charge is 0.461 e. The molecule has 0 saturated heterocycles. The fourth-order valence-electron chi connectivity index (χ4n) is 2.55. The molecule has 4 nitrogen and oxygen atoms in total. The molecule has 2 aromatic rings. The monoisotopic (exact) mass is 405 g/mol. The fraction of sp³-hybridized carbons (Fsp3) is 0.273. The maximum atomic E-state index is 13.2. The third-order valence-corrected chi connectivity index (χ3v) is 4.08. The topological polar surface area (TPSA) is 55.4 Å². The van der Waals surface area contributed by atoms with Gasteiger partial charge in [-0.1, -0.05) is 60.2 Å². The van der Waals surface area contributed by atoms with Gasteiger partial charge in [0.05, 0.1) is 12.1 Å². The van der Waals surface area contributed by atoms with Crippen LogP contribution in [-0.2, 0) is 20.7 Å². The smallest absolute Gasteiger partial charge is 0.417 e. The van der Waals surface area contributed by atoms with Crippen molar-refractivity contribution in [3.63, 3.8) is 0 Å². The molecule has 0 saturated carbocycles. The molecule has 0 bridgehead atoms. The van der Waals surface area contributed by atoms with Crippen LogP contribution in [0, 0.1) is 6.92 Å². The molecule has 0 atom stereocenters. The molecule has 0 radical (unpaired) electrons. The van der Waals surface area contributed by atoms with E-state index in [1.165, 1.54) is 24.3 Å². The minimum atomic E-state index is -4.69. The number of amides is 1. The van der Waals surface area contributed by atoms with E-state index in [0.717, 1.165) is 11.1 Å². The molecule has 0 heterocycles. The zero-order valence-electron chi connectivity index (χ0n) is 16.0. The van der Waals surface area contributed by atoms with Gasteiger partial charge in [-0.3, -0.25) is 4.79 Å². The van der Waals surface area contributed by atoms with Gasteiger partial charge in [0.2, 0.25) is 5.91 Å². The highest BCUT2D eigenvalue weighted by Gasteiger charge is 2.35. The van der Waals surface area contributed by atoms with E-state index in [1.807, 2.05) is 31.2 Å². The predicted octanol–water partition coefficient (Wildman–Crippen LogP) is 4.23. The summed E-state index contributed by atoms with van der Waals surface area (Å²) in [7, 11) is 0. The van der Waals surface area contributed by atoms with Crippen LogP contribution in [0.15, 0.2) is 60.7 Å². The first kappa shape index (κ1) is 22.2. The molecular weight excluding hydrogens is 383 g/mol. The molecule has 0 aliphatic carbocycles. The quantitative estimate of drug-likeness (QED) is 0.406. The van der Waals surface area contributed by atoms with Crippen LogP contribution in [0.5, 0.6) is 0 Å². The first-order valence-electron chi connectivity index (χ1n) is 9.09. The molecular formula is C22H22F3NO3. The van der Waals surface area contributed by atoms with Crippen molar-refractivity contribution in [2.45, 2.75) is 25.9 Å². The second-order valence-electron chi connectivity index (χ2n) is 6.42. The summed E-state index contributed by atoms with van der Waals surface area (Å²) < 4.78 is 44.3.